The lowest BCUT2D eigenvalue weighted by Gasteiger charge is -2.38. The summed E-state index contributed by atoms with van der Waals surface area (Å²) in [4.78, 5) is 18.9. The lowest BCUT2D eigenvalue weighted by Crippen LogP contribution is -2.50. The average Bonchev–Trinajstić information content (AvgIpc) is 3.47. The lowest BCUT2D eigenvalue weighted by atomic mass is 10.0. The predicted octanol–water partition coefficient (Wildman–Crippen LogP) is 2.46. The summed E-state index contributed by atoms with van der Waals surface area (Å²) in [6.07, 6.45) is 1.53. The van der Waals surface area contributed by atoms with Gasteiger partial charge in [0, 0.05) is 46.0 Å². The zero-order chi connectivity index (χ0) is 22.0. The fraction of sp³-hybridized carbons (Fsp3) is 0.455. The van der Waals surface area contributed by atoms with Gasteiger partial charge in [-0.3, -0.25) is 9.69 Å². The van der Waals surface area contributed by atoms with Crippen LogP contribution in [0.5, 0.6) is 0 Å². The van der Waals surface area contributed by atoms with Crippen molar-refractivity contribution >= 4 is 11.6 Å². The van der Waals surface area contributed by atoms with Crippen molar-refractivity contribution < 1.29 is 9.21 Å². The second-order valence-corrected chi connectivity index (χ2v) is 8.27. The molecule has 0 radical (unpaired) electrons. The summed E-state index contributed by atoms with van der Waals surface area (Å²) in [6.45, 7) is 6.83. The van der Waals surface area contributed by atoms with Crippen molar-refractivity contribution in [2.45, 2.75) is 25.9 Å². The topological polar surface area (TPSA) is 83.5 Å². The lowest BCUT2D eigenvalue weighted by molar-refractivity contribution is 0.0558. The second kappa shape index (κ2) is 8.89. The Balaban J connectivity index is 1.59. The van der Waals surface area contributed by atoms with E-state index in [2.05, 4.69) is 63.4 Å². The number of carbonyl (C=O) groups is 1. The Morgan fingerprint density at radius 3 is 2.35 bits per heavy atom. The molecule has 9 nitrogen and oxygen atoms in total. The Kier molecular flexibility index (Phi) is 6.03. The Morgan fingerprint density at radius 1 is 1.06 bits per heavy atom. The van der Waals surface area contributed by atoms with Crippen molar-refractivity contribution in [1.29, 1.82) is 0 Å². The molecule has 1 aliphatic rings. The number of nitrogens with zero attached hydrogens (tertiary/aromatic N) is 7. The van der Waals surface area contributed by atoms with Crippen LogP contribution in [0.3, 0.4) is 0 Å². The number of furan rings is 1. The summed E-state index contributed by atoms with van der Waals surface area (Å²) < 4.78 is 7.16. The number of rotatable bonds is 6. The van der Waals surface area contributed by atoms with E-state index < -0.39 is 0 Å². The van der Waals surface area contributed by atoms with Gasteiger partial charge in [-0.05, 0) is 54.1 Å². The van der Waals surface area contributed by atoms with Gasteiger partial charge in [0.2, 0.25) is 0 Å². The molecule has 0 bridgehead atoms. The smallest absolute Gasteiger partial charge is 0.289 e. The number of amides is 1. The Hall–Kier alpha value is -3.20. The zero-order valence-electron chi connectivity index (χ0n) is 18.5. The summed E-state index contributed by atoms with van der Waals surface area (Å²) in [5.74, 6) is 1.13. The third kappa shape index (κ3) is 4.32. The molecular weight excluding hydrogens is 394 g/mol. The highest BCUT2D eigenvalue weighted by Crippen LogP contribution is 2.30. The minimum atomic E-state index is -0.0884. The highest BCUT2D eigenvalue weighted by Gasteiger charge is 2.32. The standard InChI is InChI=1S/C22H29N7O2/c1-16(2)29-21(23-24-25-29)20(17-7-9-18(10-8-17)26(3)4)27-11-13-28(14-12-27)22(30)19-6-5-15-31-19/h5-10,15-16,20H,11-14H2,1-4H3/t20-/m0/s1. The Bertz CT molecular complexity index is 987. The highest BCUT2D eigenvalue weighted by atomic mass is 16.3. The first-order valence-corrected chi connectivity index (χ1v) is 10.6. The summed E-state index contributed by atoms with van der Waals surface area (Å²) in [6, 6.07) is 12.0. The molecule has 1 aliphatic heterocycles. The van der Waals surface area contributed by atoms with Gasteiger partial charge >= 0.3 is 0 Å². The van der Waals surface area contributed by atoms with Gasteiger partial charge < -0.3 is 14.2 Å². The summed E-state index contributed by atoms with van der Waals surface area (Å²) in [5.41, 5.74) is 2.27. The second-order valence-electron chi connectivity index (χ2n) is 8.27. The monoisotopic (exact) mass is 423 g/mol. The molecule has 1 atom stereocenters. The maximum atomic E-state index is 12.7. The van der Waals surface area contributed by atoms with E-state index in [0.29, 0.717) is 18.8 Å². The summed E-state index contributed by atoms with van der Waals surface area (Å²) >= 11 is 0. The van der Waals surface area contributed by atoms with Gasteiger partial charge in [0.25, 0.3) is 5.91 Å². The number of piperazine rings is 1. The number of benzene rings is 1. The minimum absolute atomic E-state index is 0.0662. The van der Waals surface area contributed by atoms with Crippen LogP contribution in [0.1, 0.15) is 47.9 Å². The maximum absolute atomic E-state index is 12.7. The first kappa shape index (κ1) is 21.0. The minimum Gasteiger partial charge on any atom is -0.459 e. The molecule has 0 aliphatic carbocycles. The number of hydrogen-bond acceptors (Lipinski definition) is 7. The molecule has 164 valence electrons. The van der Waals surface area contributed by atoms with E-state index in [1.165, 1.54) is 6.26 Å². The molecule has 9 heteroatoms. The number of tetrazole rings is 1. The number of carbonyl (C=O) groups excluding carboxylic acids is 1. The molecule has 31 heavy (non-hydrogen) atoms. The third-order valence-electron chi connectivity index (χ3n) is 5.68. The average molecular weight is 424 g/mol. The van der Waals surface area contributed by atoms with Crippen LogP contribution in [0.2, 0.25) is 0 Å². The van der Waals surface area contributed by atoms with Crippen molar-refractivity contribution in [3.05, 3.63) is 59.8 Å². The molecule has 4 rings (SSSR count). The van der Waals surface area contributed by atoms with Crippen LogP contribution in [-0.2, 0) is 0 Å². The van der Waals surface area contributed by atoms with Gasteiger partial charge in [-0.15, -0.1) is 5.10 Å². The summed E-state index contributed by atoms with van der Waals surface area (Å²) in [7, 11) is 4.06. The Labute approximate surface area is 182 Å². The van der Waals surface area contributed by atoms with Crippen molar-refractivity contribution in [3.8, 4) is 0 Å². The normalized spacial score (nSPS) is 16.0. The molecule has 1 amide bonds. The van der Waals surface area contributed by atoms with Gasteiger partial charge in [-0.2, -0.15) is 0 Å². The molecule has 1 fully saturated rings. The maximum Gasteiger partial charge on any atom is 0.289 e. The first-order chi connectivity index (χ1) is 15.0. The van der Waals surface area contributed by atoms with Crippen LogP contribution >= 0.6 is 0 Å². The molecule has 3 heterocycles. The van der Waals surface area contributed by atoms with Gasteiger partial charge in [0.05, 0.1) is 18.3 Å². The van der Waals surface area contributed by atoms with Crippen LogP contribution in [0.15, 0.2) is 47.1 Å². The molecule has 0 N–H and O–H groups in total. The Morgan fingerprint density at radius 2 is 1.77 bits per heavy atom. The fourth-order valence-electron chi connectivity index (χ4n) is 3.97. The van der Waals surface area contributed by atoms with E-state index in [-0.39, 0.29) is 18.0 Å². The molecular formula is C22H29N7O2. The van der Waals surface area contributed by atoms with Crippen LogP contribution in [0.25, 0.3) is 0 Å². The van der Waals surface area contributed by atoms with Crippen LogP contribution in [0.4, 0.5) is 5.69 Å². The first-order valence-electron chi connectivity index (χ1n) is 10.6. The highest BCUT2D eigenvalue weighted by molar-refractivity contribution is 5.91. The molecule has 1 aromatic carbocycles. The third-order valence-corrected chi connectivity index (χ3v) is 5.68. The van der Waals surface area contributed by atoms with E-state index in [4.69, 9.17) is 4.42 Å². The molecule has 2 aromatic heterocycles. The van der Waals surface area contributed by atoms with Gasteiger partial charge in [-0.1, -0.05) is 12.1 Å². The molecule has 3 aromatic rings. The quantitative estimate of drug-likeness (QED) is 0.602. The SMILES string of the molecule is CC(C)n1nnnc1[C@H](c1ccc(N(C)C)cc1)N1CCN(C(=O)c2ccco2)CC1. The molecule has 1 saturated heterocycles. The zero-order valence-corrected chi connectivity index (χ0v) is 18.5. The van der Waals surface area contributed by atoms with Crippen LogP contribution in [0, 0.1) is 0 Å². The fourth-order valence-corrected chi connectivity index (χ4v) is 3.97. The number of anilines is 1. The van der Waals surface area contributed by atoms with E-state index >= 15 is 0 Å². The van der Waals surface area contributed by atoms with E-state index in [1.54, 1.807) is 12.1 Å². The van der Waals surface area contributed by atoms with E-state index in [1.807, 2.05) is 23.7 Å². The summed E-state index contributed by atoms with van der Waals surface area (Å²) in [5, 5.41) is 12.6. The van der Waals surface area contributed by atoms with Crippen molar-refractivity contribution in [3.63, 3.8) is 0 Å². The van der Waals surface area contributed by atoms with Gasteiger partial charge in [-0.25, -0.2) is 4.68 Å². The van der Waals surface area contributed by atoms with E-state index in [0.717, 1.165) is 30.2 Å². The molecule has 0 spiro atoms. The van der Waals surface area contributed by atoms with E-state index in [9.17, 15) is 4.79 Å². The number of aromatic nitrogens is 4. The van der Waals surface area contributed by atoms with Crippen molar-refractivity contribution in [2.75, 3.05) is 45.2 Å². The van der Waals surface area contributed by atoms with Crippen LogP contribution < -0.4 is 4.90 Å². The predicted molar refractivity (Wildman–Crippen MR) is 117 cm³/mol. The number of hydrogen-bond donors (Lipinski definition) is 0. The largest absolute Gasteiger partial charge is 0.459 e. The molecule has 0 unspecified atom stereocenters. The van der Waals surface area contributed by atoms with Crippen molar-refractivity contribution in [2.24, 2.45) is 0 Å². The van der Waals surface area contributed by atoms with Crippen LogP contribution in [-0.4, -0.2) is 76.2 Å². The van der Waals surface area contributed by atoms with Gasteiger partial charge in [0.1, 0.15) is 0 Å². The van der Waals surface area contributed by atoms with Gasteiger partial charge in [0.15, 0.2) is 11.6 Å². The van der Waals surface area contributed by atoms with Crippen molar-refractivity contribution in [1.82, 2.24) is 30.0 Å². The molecule has 0 saturated carbocycles.